The van der Waals surface area contributed by atoms with Crippen molar-refractivity contribution in [3.05, 3.63) is 59.2 Å². The van der Waals surface area contributed by atoms with Crippen LogP contribution in [-0.2, 0) is 13.0 Å². The van der Waals surface area contributed by atoms with E-state index in [1.807, 2.05) is 12.1 Å². The molecule has 0 aromatic heterocycles. The molecule has 0 aliphatic rings. The van der Waals surface area contributed by atoms with Gasteiger partial charge in [0.15, 0.2) is 0 Å². The second-order valence-corrected chi connectivity index (χ2v) is 5.41. The van der Waals surface area contributed by atoms with Gasteiger partial charge < -0.3 is 15.2 Å². The Bertz CT molecular complexity index is 596. The van der Waals surface area contributed by atoms with E-state index >= 15 is 0 Å². The molecule has 1 unspecified atom stereocenters. The van der Waals surface area contributed by atoms with Gasteiger partial charge in [-0.25, -0.2) is 0 Å². The summed E-state index contributed by atoms with van der Waals surface area (Å²) in [7, 11) is 1.59. The topological polar surface area (TPSA) is 41.5 Å². The van der Waals surface area contributed by atoms with Crippen LogP contribution in [0.5, 0.6) is 11.5 Å². The largest absolute Gasteiger partial charge is 0.507 e. The number of benzene rings is 2. The SMILES string of the molecule is COc1ccc(CNC(C)Cc2ccccc2C)c(O)c1. The third-order valence-corrected chi connectivity index (χ3v) is 3.72. The van der Waals surface area contributed by atoms with Gasteiger partial charge in [-0.15, -0.1) is 0 Å². The molecular formula is C18H23NO2. The molecule has 0 fully saturated rings. The van der Waals surface area contributed by atoms with Crippen LogP contribution >= 0.6 is 0 Å². The minimum absolute atomic E-state index is 0.268. The van der Waals surface area contributed by atoms with Gasteiger partial charge in [0.05, 0.1) is 7.11 Å². The average molecular weight is 285 g/mol. The van der Waals surface area contributed by atoms with Gasteiger partial charge in [-0.3, -0.25) is 0 Å². The summed E-state index contributed by atoms with van der Waals surface area (Å²) in [5.41, 5.74) is 3.56. The van der Waals surface area contributed by atoms with Gasteiger partial charge in [0.2, 0.25) is 0 Å². The number of nitrogens with one attached hydrogen (secondary N) is 1. The molecule has 2 aromatic rings. The summed E-state index contributed by atoms with van der Waals surface area (Å²) in [6, 6.07) is 14.2. The monoisotopic (exact) mass is 285 g/mol. The maximum absolute atomic E-state index is 9.95. The fourth-order valence-corrected chi connectivity index (χ4v) is 2.35. The van der Waals surface area contributed by atoms with Crippen LogP contribution in [0.1, 0.15) is 23.6 Å². The summed E-state index contributed by atoms with van der Waals surface area (Å²) in [5.74, 6) is 0.939. The highest BCUT2D eigenvalue weighted by atomic mass is 16.5. The van der Waals surface area contributed by atoms with Gasteiger partial charge in [0.1, 0.15) is 11.5 Å². The first-order chi connectivity index (χ1) is 10.1. The molecule has 0 saturated heterocycles. The van der Waals surface area contributed by atoms with Crippen molar-refractivity contribution in [1.29, 1.82) is 0 Å². The van der Waals surface area contributed by atoms with E-state index in [0.717, 1.165) is 12.0 Å². The van der Waals surface area contributed by atoms with E-state index in [0.29, 0.717) is 18.3 Å². The molecule has 112 valence electrons. The predicted octanol–water partition coefficient (Wildman–Crippen LogP) is 3.43. The number of methoxy groups -OCH3 is 1. The van der Waals surface area contributed by atoms with Gasteiger partial charge in [-0.1, -0.05) is 30.3 Å². The summed E-state index contributed by atoms with van der Waals surface area (Å²) in [4.78, 5) is 0. The first-order valence-corrected chi connectivity index (χ1v) is 7.24. The van der Waals surface area contributed by atoms with Crippen molar-refractivity contribution in [3.63, 3.8) is 0 Å². The van der Waals surface area contributed by atoms with E-state index < -0.39 is 0 Å². The van der Waals surface area contributed by atoms with Crippen molar-refractivity contribution in [3.8, 4) is 11.5 Å². The fourth-order valence-electron chi connectivity index (χ4n) is 2.35. The zero-order valence-corrected chi connectivity index (χ0v) is 12.9. The lowest BCUT2D eigenvalue weighted by atomic mass is 10.0. The number of hydrogen-bond donors (Lipinski definition) is 2. The number of rotatable bonds is 6. The van der Waals surface area contributed by atoms with E-state index in [4.69, 9.17) is 4.74 Å². The number of phenols is 1. The van der Waals surface area contributed by atoms with Gasteiger partial charge in [0.25, 0.3) is 0 Å². The average Bonchev–Trinajstić information content (AvgIpc) is 2.48. The van der Waals surface area contributed by atoms with E-state index in [-0.39, 0.29) is 5.75 Å². The third kappa shape index (κ3) is 4.23. The van der Waals surface area contributed by atoms with Gasteiger partial charge in [0, 0.05) is 24.2 Å². The summed E-state index contributed by atoms with van der Waals surface area (Å²) >= 11 is 0. The van der Waals surface area contributed by atoms with Crippen molar-refractivity contribution in [2.24, 2.45) is 0 Å². The second-order valence-electron chi connectivity index (χ2n) is 5.41. The Morgan fingerprint density at radius 1 is 1.14 bits per heavy atom. The molecule has 0 heterocycles. The van der Waals surface area contributed by atoms with Crippen LogP contribution < -0.4 is 10.1 Å². The number of aromatic hydroxyl groups is 1. The fraction of sp³-hybridized carbons (Fsp3) is 0.333. The Kier molecular flexibility index (Phi) is 5.23. The second kappa shape index (κ2) is 7.14. The molecule has 2 N–H and O–H groups in total. The Hall–Kier alpha value is -2.00. The maximum atomic E-state index is 9.95. The first kappa shape index (κ1) is 15.4. The molecule has 0 spiro atoms. The highest BCUT2D eigenvalue weighted by Crippen LogP contribution is 2.23. The highest BCUT2D eigenvalue weighted by Gasteiger charge is 2.07. The molecule has 3 heteroatoms. The molecule has 0 aliphatic heterocycles. The molecular weight excluding hydrogens is 262 g/mol. The summed E-state index contributed by atoms with van der Waals surface area (Å²) in [5, 5.41) is 13.4. The van der Waals surface area contributed by atoms with Gasteiger partial charge in [-0.05, 0) is 37.5 Å². The lowest BCUT2D eigenvalue weighted by molar-refractivity contribution is 0.405. The van der Waals surface area contributed by atoms with Crippen LogP contribution in [-0.4, -0.2) is 18.3 Å². The molecule has 0 bridgehead atoms. The molecule has 0 amide bonds. The molecule has 0 saturated carbocycles. The summed E-state index contributed by atoms with van der Waals surface area (Å²) in [6.07, 6.45) is 0.976. The first-order valence-electron chi connectivity index (χ1n) is 7.24. The van der Waals surface area contributed by atoms with Crippen molar-refractivity contribution in [2.75, 3.05) is 7.11 Å². The minimum atomic E-state index is 0.268. The number of phenolic OH excluding ortho intramolecular Hbond substituents is 1. The Labute approximate surface area is 126 Å². The Balaban J connectivity index is 1.92. The minimum Gasteiger partial charge on any atom is -0.507 e. The van der Waals surface area contributed by atoms with E-state index in [2.05, 4.69) is 43.4 Å². The Morgan fingerprint density at radius 3 is 2.57 bits per heavy atom. The van der Waals surface area contributed by atoms with E-state index in [1.54, 1.807) is 13.2 Å². The lowest BCUT2D eigenvalue weighted by Crippen LogP contribution is -2.27. The molecule has 21 heavy (non-hydrogen) atoms. The number of ether oxygens (including phenoxy) is 1. The van der Waals surface area contributed by atoms with Crippen LogP contribution in [0.15, 0.2) is 42.5 Å². The zero-order chi connectivity index (χ0) is 15.2. The van der Waals surface area contributed by atoms with E-state index in [1.165, 1.54) is 11.1 Å². The van der Waals surface area contributed by atoms with Crippen molar-refractivity contribution >= 4 is 0 Å². The number of hydrogen-bond acceptors (Lipinski definition) is 3. The van der Waals surface area contributed by atoms with Crippen LogP contribution in [0, 0.1) is 6.92 Å². The Morgan fingerprint density at radius 2 is 1.90 bits per heavy atom. The van der Waals surface area contributed by atoms with E-state index in [9.17, 15) is 5.11 Å². The van der Waals surface area contributed by atoms with Crippen molar-refractivity contribution in [1.82, 2.24) is 5.32 Å². The number of aryl methyl sites for hydroxylation is 1. The van der Waals surface area contributed by atoms with Crippen molar-refractivity contribution < 1.29 is 9.84 Å². The molecule has 2 rings (SSSR count). The summed E-state index contributed by atoms with van der Waals surface area (Å²) in [6.45, 7) is 4.94. The quantitative estimate of drug-likeness (QED) is 0.854. The standard InChI is InChI=1S/C18H23NO2/c1-13-6-4-5-7-15(13)10-14(2)19-12-16-8-9-17(21-3)11-18(16)20/h4-9,11,14,19-20H,10,12H2,1-3H3. The predicted molar refractivity (Wildman–Crippen MR) is 85.8 cm³/mol. The zero-order valence-electron chi connectivity index (χ0n) is 12.9. The van der Waals surface area contributed by atoms with Gasteiger partial charge in [-0.2, -0.15) is 0 Å². The van der Waals surface area contributed by atoms with Crippen LogP contribution in [0.4, 0.5) is 0 Å². The molecule has 0 radical (unpaired) electrons. The van der Waals surface area contributed by atoms with Crippen LogP contribution in [0.3, 0.4) is 0 Å². The van der Waals surface area contributed by atoms with Crippen LogP contribution in [0.2, 0.25) is 0 Å². The molecule has 0 aliphatic carbocycles. The normalized spacial score (nSPS) is 12.1. The molecule has 1 atom stereocenters. The molecule has 2 aromatic carbocycles. The smallest absolute Gasteiger partial charge is 0.123 e. The third-order valence-electron chi connectivity index (χ3n) is 3.72. The van der Waals surface area contributed by atoms with Gasteiger partial charge >= 0.3 is 0 Å². The van der Waals surface area contributed by atoms with Crippen molar-refractivity contribution in [2.45, 2.75) is 32.9 Å². The summed E-state index contributed by atoms with van der Waals surface area (Å²) < 4.78 is 5.09. The molecule has 3 nitrogen and oxygen atoms in total. The highest BCUT2D eigenvalue weighted by molar-refractivity contribution is 5.39. The maximum Gasteiger partial charge on any atom is 0.123 e. The lowest BCUT2D eigenvalue weighted by Gasteiger charge is -2.16. The van der Waals surface area contributed by atoms with Crippen LogP contribution in [0.25, 0.3) is 0 Å².